The van der Waals surface area contributed by atoms with E-state index in [2.05, 4.69) is 59.4 Å². The molecule has 0 radical (unpaired) electrons. The van der Waals surface area contributed by atoms with Crippen LogP contribution in [0.1, 0.15) is 40.9 Å². The van der Waals surface area contributed by atoms with Crippen LogP contribution in [0.3, 0.4) is 0 Å². The van der Waals surface area contributed by atoms with E-state index in [0.717, 1.165) is 24.9 Å². The molecule has 132 valence electrons. The number of Topliss-reactive ketones (excluding diaryl/α,β-unsaturated/α-hetero) is 1. The van der Waals surface area contributed by atoms with Gasteiger partial charge in [-0.25, -0.2) is 4.57 Å². The molecule has 0 bridgehead atoms. The quantitative estimate of drug-likeness (QED) is 0.631. The van der Waals surface area contributed by atoms with Crippen molar-refractivity contribution in [3.8, 4) is 0 Å². The molecule has 1 aromatic heterocycles. The molecule has 26 heavy (non-hydrogen) atoms. The Labute approximate surface area is 156 Å². The zero-order valence-corrected chi connectivity index (χ0v) is 15.6. The number of hydrogen-bond donors (Lipinski definition) is 0. The van der Waals surface area contributed by atoms with E-state index in [1.54, 1.807) is 0 Å². The fraction of sp³-hybridized carbons (Fsp3) is 0.250. The Balaban J connectivity index is 0.000000948. The number of fused-ring (bicyclic) bond motifs is 1. The van der Waals surface area contributed by atoms with Gasteiger partial charge in [-0.05, 0) is 24.0 Å². The summed E-state index contributed by atoms with van der Waals surface area (Å²) >= 11 is 0. The number of hydrogen-bond acceptors (Lipinski definition) is 1. The van der Waals surface area contributed by atoms with E-state index >= 15 is 0 Å². The van der Waals surface area contributed by atoms with E-state index in [0.29, 0.717) is 5.78 Å². The van der Waals surface area contributed by atoms with Gasteiger partial charge in [-0.3, -0.25) is 4.79 Å². The van der Waals surface area contributed by atoms with Gasteiger partial charge in [0.05, 0.1) is 0 Å². The lowest BCUT2D eigenvalue weighted by molar-refractivity contribution is -0.688. The lowest BCUT2D eigenvalue weighted by Gasteiger charge is -2.07. The Kier molecular flexibility index (Phi) is 5.96. The summed E-state index contributed by atoms with van der Waals surface area (Å²) in [7, 11) is 0. The molecule has 0 aliphatic heterocycles. The van der Waals surface area contributed by atoms with Gasteiger partial charge < -0.3 is 0 Å². The third kappa shape index (κ3) is 4.08. The molecule has 0 fully saturated rings. The van der Waals surface area contributed by atoms with E-state index in [1.165, 1.54) is 16.7 Å². The Morgan fingerprint density at radius 2 is 1.50 bits per heavy atom. The Bertz CT molecular complexity index is 853. The van der Waals surface area contributed by atoms with Gasteiger partial charge in [0.1, 0.15) is 0 Å². The van der Waals surface area contributed by atoms with Crippen LogP contribution >= 0.6 is 0 Å². The maximum atomic E-state index is 12.5. The molecule has 1 unspecified atom stereocenters. The average Bonchev–Trinajstić information content (AvgIpc) is 3.02. The molecule has 1 aliphatic carbocycles. The van der Waals surface area contributed by atoms with Gasteiger partial charge in [-0.2, -0.15) is 0 Å². The number of aromatic nitrogens is 1. The Morgan fingerprint density at radius 3 is 2.19 bits per heavy atom. The van der Waals surface area contributed by atoms with Crippen molar-refractivity contribution < 1.29 is 9.36 Å². The van der Waals surface area contributed by atoms with Crippen molar-refractivity contribution in [2.75, 3.05) is 0 Å². The van der Waals surface area contributed by atoms with Crippen molar-refractivity contribution in [3.63, 3.8) is 0 Å². The number of carbonyl (C=O) groups excluding carboxylic acids is 1. The highest BCUT2D eigenvalue weighted by molar-refractivity contribution is 6.02. The van der Waals surface area contributed by atoms with E-state index in [9.17, 15) is 4.79 Å². The number of carbonyl (C=O) groups is 1. The van der Waals surface area contributed by atoms with Crippen LogP contribution in [0.2, 0.25) is 0 Å². The highest BCUT2D eigenvalue weighted by Crippen LogP contribution is 2.28. The number of ketones is 1. The number of rotatable bonds is 4. The number of nitrogens with zero attached hydrogens (tertiary/aromatic N) is 1. The summed E-state index contributed by atoms with van der Waals surface area (Å²) in [6.45, 7) is 4.87. The molecule has 1 aliphatic rings. The monoisotopic (exact) mass is 344 g/mol. The lowest BCUT2D eigenvalue weighted by Crippen LogP contribution is -2.33. The van der Waals surface area contributed by atoms with E-state index in [4.69, 9.17) is 0 Å². The van der Waals surface area contributed by atoms with Crippen LogP contribution in [0.15, 0.2) is 79.1 Å². The van der Waals surface area contributed by atoms with Crippen LogP contribution in [-0.2, 0) is 19.4 Å². The number of pyridine rings is 1. The summed E-state index contributed by atoms with van der Waals surface area (Å²) in [6, 6.07) is 22.7. The average molecular weight is 344 g/mol. The molecule has 0 saturated carbocycles. The van der Waals surface area contributed by atoms with E-state index in [-0.39, 0.29) is 5.92 Å². The van der Waals surface area contributed by atoms with Crippen LogP contribution in [0, 0.1) is 5.92 Å². The zero-order chi connectivity index (χ0) is 18.4. The predicted molar refractivity (Wildman–Crippen MR) is 105 cm³/mol. The molecular formula is C24H26NO+. The molecule has 0 N–H and O–H groups in total. The summed E-state index contributed by atoms with van der Waals surface area (Å²) < 4.78 is 2.17. The largest absolute Gasteiger partial charge is 0.294 e. The molecular weight excluding hydrogens is 318 g/mol. The minimum atomic E-state index is 0.0902. The Hall–Kier alpha value is -2.74. The minimum Gasteiger partial charge on any atom is -0.294 e. The van der Waals surface area contributed by atoms with E-state index in [1.807, 2.05) is 38.1 Å². The van der Waals surface area contributed by atoms with Crippen molar-refractivity contribution in [2.24, 2.45) is 5.92 Å². The van der Waals surface area contributed by atoms with Gasteiger partial charge in [0, 0.05) is 29.2 Å². The second kappa shape index (κ2) is 8.57. The molecule has 0 amide bonds. The lowest BCUT2D eigenvalue weighted by atomic mass is 9.96. The van der Waals surface area contributed by atoms with Crippen molar-refractivity contribution in [2.45, 2.75) is 33.2 Å². The molecule has 0 saturated heterocycles. The highest BCUT2D eigenvalue weighted by atomic mass is 16.1. The molecule has 2 aromatic carbocycles. The minimum absolute atomic E-state index is 0.0902. The Morgan fingerprint density at radius 1 is 0.846 bits per heavy atom. The van der Waals surface area contributed by atoms with E-state index < -0.39 is 0 Å². The molecule has 3 aromatic rings. The highest BCUT2D eigenvalue weighted by Gasteiger charge is 2.30. The second-order valence-electron chi connectivity index (χ2n) is 6.49. The predicted octanol–water partition coefficient (Wildman–Crippen LogP) is 4.65. The smallest absolute Gasteiger partial charge is 0.173 e. The standard InChI is InChI=1S/C22H20NO.C2H6/c24-22-20(15-19-8-4-5-9-21(19)22)14-17-10-12-23(13-11-17)16-18-6-2-1-3-7-18;1-2/h1-13,20H,14-16H2;1-2H3/q+1;. The second-order valence-corrected chi connectivity index (χ2v) is 6.49. The molecule has 1 heterocycles. The molecule has 1 atom stereocenters. The summed E-state index contributed by atoms with van der Waals surface area (Å²) in [5.41, 5.74) is 4.63. The molecule has 2 nitrogen and oxygen atoms in total. The third-order valence-electron chi connectivity index (χ3n) is 4.77. The van der Waals surface area contributed by atoms with Crippen molar-refractivity contribution >= 4 is 5.78 Å². The normalized spacial score (nSPS) is 15.2. The van der Waals surface area contributed by atoms with Gasteiger partial charge in [0.2, 0.25) is 0 Å². The van der Waals surface area contributed by atoms with Gasteiger partial charge in [-0.1, -0.05) is 68.4 Å². The summed E-state index contributed by atoms with van der Waals surface area (Å²) in [5, 5.41) is 0. The topological polar surface area (TPSA) is 20.9 Å². The maximum absolute atomic E-state index is 12.5. The van der Waals surface area contributed by atoms with Crippen LogP contribution in [0.4, 0.5) is 0 Å². The summed E-state index contributed by atoms with van der Waals surface area (Å²) in [4.78, 5) is 12.5. The van der Waals surface area contributed by atoms with Crippen molar-refractivity contribution in [1.29, 1.82) is 0 Å². The first kappa shape index (κ1) is 18.1. The van der Waals surface area contributed by atoms with Crippen molar-refractivity contribution in [3.05, 3.63) is 101 Å². The van der Waals surface area contributed by atoms with Gasteiger partial charge in [0.15, 0.2) is 24.7 Å². The molecule has 2 heteroatoms. The number of benzene rings is 2. The first-order valence-corrected chi connectivity index (χ1v) is 9.43. The fourth-order valence-corrected chi connectivity index (χ4v) is 3.49. The van der Waals surface area contributed by atoms with Gasteiger partial charge in [0.25, 0.3) is 0 Å². The zero-order valence-electron chi connectivity index (χ0n) is 15.6. The van der Waals surface area contributed by atoms with Crippen molar-refractivity contribution in [1.82, 2.24) is 0 Å². The van der Waals surface area contributed by atoms with Crippen LogP contribution in [0.5, 0.6) is 0 Å². The first-order valence-electron chi connectivity index (χ1n) is 9.43. The summed E-state index contributed by atoms with van der Waals surface area (Å²) in [6.07, 6.45) is 5.90. The van der Waals surface area contributed by atoms with Crippen LogP contribution < -0.4 is 4.57 Å². The maximum Gasteiger partial charge on any atom is 0.173 e. The molecule has 0 spiro atoms. The summed E-state index contributed by atoms with van der Waals surface area (Å²) in [5.74, 6) is 0.388. The molecule has 4 rings (SSSR count). The van der Waals surface area contributed by atoms with Crippen LogP contribution in [0.25, 0.3) is 0 Å². The van der Waals surface area contributed by atoms with Gasteiger partial charge >= 0.3 is 0 Å². The fourth-order valence-electron chi connectivity index (χ4n) is 3.49. The first-order chi connectivity index (χ1) is 12.8. The van der Waals surface area contributed by atoms with Crippen LogP contribution in [-0.4, -0.2) is 5.78 Å². The van der Waals surface area contributed by atoms with Gasteiger partial charge in [-0.15, -0.1) is 0 Å². The third-order valence-corrected chi connectivity index (χ3v) is 4.77. The SMILES string of the molecule is CC.O=C1c2ccccc2CC1Cc1cc[n+](Cc2ccccc2)cc1.